The van der Waals surface area contributed by atoms with Gasteiger partial charge >= 0.3 is 150 Å². The molecule has 0 saturated carbocycles. The first-order chi connectivity index (χ1) is 10.8. The molecule has 0 heterocycles. The van der Waals surface area contributed by atoms with Crippen LogP contribution in [0.4, 0.5) is 0 Å². The minimum atomic E-state index is 0.471. The first kappa shape index (κ1) is 15.9. The Bertz CT molecular complexity index is 673. The van der Waals surface area contributed by atoms with Gasteiger partial charge in [-0.2, -0.15) is 0 Å². The van der Waals surface area contributed by atoms with Crippen LogP contribution in [0.5, 0.6) is 0 Å². The molecule has 1 unspecified atom stereocenters. The van der Waals surface area contributed by atoms with E-state index in [0.29, 0.717) is 5.92 Å². The molecule has 0 fully saturated rings. The maximum absolute atomic E-state index is 3.96. The monoisotopic (exact) mass is 365 g/mol. The molecule has 1 heteroatoms. The van der Waals surface area contributed by atoms with Crippen molar-refractivity contribution in [2.75, 3.05) is 0 Å². The third kappa shape index (κ3) is 2.93. The number of allylic oxidation sites excluding steroid dienone is 6. The van der Waals surface area contributed by atoms with Crippen molar-refractivity contribution < 1.29 is 24.7 Å². The van der Waals surface area contributed by atoms with Crippen LogP contribution in [0.2, 0.25) is 0 Å². The SMILES string of the molecule is C=CCC1=Cc2ccccc2C1C1=CC[C]([Zr])=C1CCCC. The zero-order valence-corrected chi connectivity index (χ0v) is 15.8. The van der Waals surface area contributed by atoms with E-state index < -0.39 is 0 Å². The average Bonchev–Trinajstić information content (AvgIpc) is 3.05. The molecule has 3 rings (SSSR count). The number of benzene rings is 1. The van der Waals surface area contributed by atoms with Gasteiger partial charge < -0.3 is 0 Å². The van der Waals surface area contributed by atoms with Gasteiger partial charge in [-0.3, -0.25) is 0 Å². The maximum atomic E-state index is 3.96. The van der Waals surface area contributed by atoms with E-state index in [2.05, 4.69) is 49.9 Å². The third-order valence-electron chi connectivity index (χ3n) is 4.73. The Kier molecular flexibility index (Phi) is 5.14. The molecule has 2 aliphatic rings. The average molecular weight is 367 g/mol. The van der Waals surface area contributed by atoms with E-state index in [4.69, 9.17) is 0 Å². The van der Waals surface area contributed by atoms with Crippen LogP contribution < -0.4 is 0 Å². The molecule has 0 aliphatic heterocycles. The van der Waals surface area contributed by atoms with Crippen LogP contribution in [0.1, 0.15) is 56.1 Å². The molecule has 0 N–H and O–H groups in total. The summed E-state index contributed by atoms with van der Waals surface area (Å²) in [6, 6.07) is 8.89. The molecule has 1 atom stereocenters. The predicted molar refractivity (Wildman–Crippen MR) is 91.2 cm³/mol. The molecule has 0 saturated heterocycles. The van der Waals surface area contributed by atoms with Crippen molar-refractivity contribution in [2.45, 2.75) is 44.9 Å². The zero-order valence-electron chi connectivity index (χ0n) is 13.4. The zero-order chi connectivity index (χ0) is 15.5. The Morgan fingerprint density at radius 1 is 1.32 bits per heavy atom. The molecule has 0 spiro atoms. The summed E-state index contributed by atoms with van der Waals surface area (Å²) in [6.45, 7) is 6.25. The molecule has 0 nitrogen and oxygen atoms in total. The molecule has 1 aromatic carbocycles. The van der Waals surface area contributed by atoms with Gasteiger partial charge in [-0.1, -0.05) is 0 Å². The van der Waals surface area contributed by atoms with Gasteiger partial charge in [0.05, 0.1) is 0 Å². The minimum absolute atomic E-state index is 0.471. The fraction of sp³-hybridized carbons (Fsp3) is 0.333. The summed E-state index contributed by atoms with van der Waals surface area (Å²) in [5.74, 6) is 0.471. The van der Waals surface area contributed by atoms with Crippen LogP contribution in [-0.2, 0) is 24.7 Å². The summed E-state index contributed by atoms with van der Waals surface area (Å²) in [4.78, 5) is 0. The van der Waals surface area contributed by atoms with Crippen molar-refractivity contribution in [3.8, 4) is 0 Å². The first-order valence-electron chi connectivity index (χ1n) is 8.30. The summed E-state index contributed by atoms with van der Waals surface area (Å²) in [7, 11) is 0. The second-order valence-corrected chi connectivity index (χ2v) is 7.68. The van der Waals surface area contributed by atoms with E-state index in [1.807, 2.05) is 6.08 Å². The summed E-state index contributed by atoms with van der Waals surface area (Å²) in [5, 5.41) is 0. The van der Waals surface area contributed by atoms with E-state index in [0.717, 1.165) is 6.42 Å². The molecule has 0 radical (unpaired) electrons. The first-order valence-corrected chi connectivity index (χ1v) is 9.53. The van der Waals surface area contributed by atoms with E-state index in [9.17, 15) is 0 Å². The molecule has 22 heavy (non-hydrogen) atoms. The number of unbranched alkanes of at least 4 members (excludes halogenated alkanes) is 1. The Morgan fingerprint density at radius 2 is 2.14 bits per heavy atom. The quantitative estimate of drug-likeness (QED) is 0.536. The van der Waals surface area contributed by atoms with Crippen LogP contribution in [0, 0.1) is 0 Å². The van der Waals surface area contributed by atoms with Crippen LogP contribution in [-0.4, -0.2) is 0 Å². The van der Waals surface area contributed by atoms with Crippen LogP contribution >= 0.6 is 0 Å². The standard InChI is InChI=1S/C21H23.Zr/c1-3-5-10-16-12-8-14-19(16)21-18(9-4-2)15-17-11-6-7-13-20(17)21;/h4,6-7,11,13-15,21H,2-3,5,8-10H2,1H3;. The van der Waals surface area contributed by atoms with Crippen molar-refractivity contribution in [1.82, 2.24) is 0 Å². The Hall–Kier alpha value is -0.937. The second kappa shape index (κ2) is 7.09. The third-order valence-corrected chi connectivity index (χ3v) is 5.97. The number of fused-ring (bicyclic) bond motifs is 1. The molecule has 1 aromatic rings. The van der Waals surface area contributed by atoms with Gasteiger partial charge in [-0.25, -0.2) is 0 Å². The van der Waals surface area contributed by atoms with Gasteiger partial charge in [-0.15, -0.1) is 0 Å². The predicted octanol–water partition coefficient (Wildman–Crippen LogP) is 6.06. The number of hydrogen-bond donors (Lipinski definition) is 0. The van der Waals surface area contributed by atoms with Gasteiger partial charge in [0.15, 0.2) is 0 Å². The number of rotatable bonds is 6. The molecular weight excluding hydrogens is 343 g/mol. The fourth-order valence-electron chi connectivity index (χ4n) is 3.67. The van der Waals surface area contributed by atoms with Crippen LogP contribution in [0.3, 0.4) is 0 Å². The van der Waals surface area contributed by atoms with Gasteiger partial charge in [0.2, 0.25) is 0 Å². The van der Waals surface area contributed by atoms with E-state index in [1.165, 1.54) is 42.4 Å². The van der Waals surface area contributed by atoms with Crippen LogP contribution in [0.15, 0.2) is 63.0 Å². The molecule has 111 valence electrons. The van der Waals surface area contributed by atoms with E-state index in [-0.39, 0.29) is 0 Å². The summed E-state index contributed by atoms with van der Waals surface area (Å²) >= 11 is 1.59. The number of hydrogen-bond acceptors (Lipinski definition) is 0. The molecule has 0 amide bonds. The van der Waals surface area contributed by atoms with Crippen LogP contribution in [0.25, 0.3) is 6.08 Å². The molecule has 0 bridgehead atoms. The van der Waals surface area contributed by atoms with Gasteiger partial charge in [0, 0.05) is 0 Å². The molecule has 0 aromatic heterocycles. The van der Waals surface area contributed by atoms with Crippen molar-refractivity contribution >= 4 is 6.08 Å². The van der Waals surface area contributed by atoms with Crippen molar-refractivity contribution in [3.05, 3.63) is 74.1 Å². The second-order valence-electron chi connectivity index (χ2n) is 6.20. The Morgan fingerprint density at radius 3 is 2.91 bits per heavy atom. The summed E-state index contributed by atoms with van der Waals surface area (Å²) in [6.07, 6.45) is 12.9. The summed E-state index contributed by atoms with van der Waals surface area (Å²) in [5.41, 5.74) is 7.67. The Labute approximate surface area is 149 Å². The fourth-order valence-corrected chi connectivity index (χ4v) is 4.59. The summed E-state index contributed by atoms with van der Waals surface area (Å²) < 4.78 is 1.66. The van der Waals surface area contributed by atoms with Gasteiger partial charge in [0.1, 0.15) is 0 Å². The van der Waals surface area contributed by atoms with Gasteiger partial charge in [0.25, 0.3) is 0 Å². The topological polar surface area (TPSA) is 0 Å². The van der Waals surface area contributed by atoms with Crippen molar-refractivity contribution in [1.29, 1.82) is 0 Å². The molecular formula is C21H23Zr. The van der Waals surface area contributed by atoms with E-state index in [1.54, 1.807) is 39.1 Å². The Balaban J connectivity index is 1.99. The van der Waals surface area contributed by atoms with Gasteiger partial charge in [-0.05, 0) is 0 Å². The normalized spacial score (nSPS) is 19.9. The molecule has 2 aliphatic carbocycles. The van der Waals surface area contributed by atoms with Crippen molar-refractivity contribution in [2.24, 2.45) is 0 Å². The van der Waals surface area contributed by atoms with E-state index >= 15 is 0 Å². The van der Waals surface area contributed by atoms with Crippen molar-refractivity contribution in [3.63, 3.8) is 0 Å².